The van der Waals surface area contributed by atoms with E-state index in [1.54, 1.807) is 19.1 Å². The van der Waals surface area contributed by atoms with Crippen molar-refractivity contribution in [1.29, 1.82) is 0 Å². The topological polar surface area (TPSA) is 133 Å². The van der Waals surface area contributed by atoms with Gasteiger partial charge >= 0.3 is 11.7 Å². The minimum atomic E-state index is -1.59. The van der Waals surface area contributed by atoms with Crippen LogP contribution >= 0.6 is 15.9 Å². The van der Waals surface area contributed by atoms with Gasteiger partial charge < -0.3 is 9.84 Å². The van der Waals surface area contributed by atoms with Crippen molar-refractivity contribution in [3.8, 4) is 11.5 Å². The molecule has 0 saturated heterocycles. The van der Waals surface area contributed by atoms with Crippen LogP contribution in [-0.2, 0) is 0 Å². The molecule has 0 aliphatic heterocycles. The Morgan fingerprint density at radius 3 is 2.21 bits per heavy atom. The van der Waals surface area contributed by atoms with Crippen molar-refractivity contribution in [3.05, 3.63) is 66.2 Å². The standard InChI is InChI=1S/C14H9BrN2O7/c1-7-2-8(15)4-9(3-7)24-13-5-10(14(18)19)11(16(20)21)6-12(13)17(22)23/h2-6H,1H3,(H,18,19). The molecule has 124 valence electrons. The zero-order valence-electron chi connectivity index (χ0n) is 12.1. The van der Waals surface area contributed by atoms with Crippen molar-refractivity contribution >= 4 is 33.3 Å². The summed E-state index contributed by atoms with van der Waals surface area (Å²) in [5.74, 6) is -1.78. The number of hydrogen-bond acceptors (Lipinski definition) is 6. The smallest absolute Gasteiger partial charge is 0.342 e. The maximum atomic E-state index is 11.2. The van der Waals surface area contributed by atoms with E-state index in [-0.39, 0.29) is 5.75 Å². The third kappa shape index (κ3) is 3.66. The molecule has 1 N–H and O–H groups in total. The quantitative estimate of drug-likeness (QED) is 0.594. The predicted molar refractivity (Wildman–Crippen MR) is 85.7 cm³/mol. The molecule has 0 amide bonds. The van der Waals surface area contributed by atoms with Gasteiger partial charge in [-0.1, -0.05) is 15.9 Å². The van der Waals surface area contributed by atoms with Gasteiger partial charge in [0.05, 0.1) is 15.9 Å². The molecule has 0 aromatic heterocycles. The number of nitro benzene ring substituents is 2. The lowest BCUT2D eigenvalue weighted by molar-refractivity contribution is -0.394. The van der Waals surface area contributed by atoms with Crippen molar-refractivity contribution in [1.82, 2.24) is 0 Å². The van der Waals surface area contributed by atoms with Crippen molar-refractivity contribution in [2.75, 3.05) is 0 Å². The maximum Gasteiger partial charge on any atom is 0.342 e. The monoisotopic (exact) mass is 396 g/mol. The van der Waals surface area contributed by atoms with Gasteiger partial charge in [0.25, 0.3) is 5.69 Å². The largest absolute Gasteiger partial charge is 0.477 e. The van der Waals surface area contributed by atoms with Crippen LogP contribution in [0.2, 0.25) is 0 Å². The molecular formula is C14H9BrN2O7. The van der Waals surface area contributed by atoms with Crippen LogP contribution in [0.15, 0.2) is 34.8 Å². The van der Waals surface area contributed by atoms with Crippen LogP contribution in [-0.4, -0.2) is 20.9 Å². The highest BCUT2D eigenvalue weighted by molar-refractivity contribution is 9.10. The number of carboxylic acid groups (broad SMARTS) is 1. The average molecular weight is 397 g/mol. The Kier molecular flexibility index (Phi) is 4.79. The second kappa shape index (κ2) is 6.62. The fourth-order valence-electron chi connectivity index (χ4n) is 1.99. The highest BCUT2D eigenvalue weighted by Crippen LogP contribution is 2.37. The second-order valence-electron chi connectivity index (χ2n) is 4.72. The van der Waals surface area contributed by atoms with Crippen LogP contribution in [0.5, 0.6) is 11.5 Å². The molecular weight excluding hydrogens is 388 g/mol. The second-order valence-corrected chi connectivity index (χ2v) is 5.64. The van der Waals surface area contributed by atoms with E-state index >= 15 is 0 Å². The van der Waals surface area contributed by atoms with Gasteiger partial charge in [-0.2, -0.15) is 0 Å². The minimum absolute atomic E-state index is 0.218. The zero-order valence-corrected chi connectivity index (χ0v) is 13.6. The molecule has 0 spiro atoms. The Bertz CT molecular complexity index is 846. The van der Waals surface area contributed by atoms with Crippen LogP contribution in [0.4, 0.5) is 11.4 Å². The van der Waals surface area contributed by atoms with Gasteiger partial charge in [0.2, 0.25) is 5.75 Å². The van der Waals surface area contributed by atoms with Crippen molar-refractivity contribution in [2.24, 2.45) is 0 Å². The Morgan fingerprint density at radius 2 is 1.71 bits per heavy atom. The average Bonchev–Trinajstić information content (AvgIpc) is 2.44. The van der Waals surface area contributed by atoms with Gasteiger partial charge in [0, 0.05) is 10.5 Å². The molecule has 0 fully saturated rings. The summed E-state index contributed by atoms with van der Waals surface area (Å²) in [5, 5.41) is 31.2. The van der Waals surface area contributed by atoms with E-state index in [0.29, 0.717) is 10.5 Å². The number of carbonyl (C=O) groups is 1. The fraction of sp³-hybridized carbons (Fsp3) is 0.0714. The van der Waals surface area contributed by atoms with Crippen LogP contribution in [0.3, 0.4) is 0 Å². The van der Waals surface area contributed by atoms with Gasteiger partial charge in [0.1, 0.15) is 11.3 Å². The van der Waals surface area contributed by atoms with E-state index in [9.17, 15) is 25.0 Å². The maximum absolute atomic E-state index is 11.2. The van der Waals surface area contributed by atoms with Crippen LogP contribution in [0.1, 0.15) is 15.9 Å². The molecule has 0 saturated carbocycles. The lowest BCUT2D eigenvalue weighted by Crippen LogP contribution is -2.05. The molecule has 0 aliphatic rings. The summed E-state index contributed by atoms with van der Waals surface area (Å²) in [4.78, 5) is 31.4. The highest BCUT2D eigenvalue weighted by atomic mass is 79.9. The molecule has 2 rings (SSSR count). The summed E-state index contributed by atoms with van der Waals surface area (Å²) >= 11 is 3.24. The third-order valence-electron chi connectivity index (χ3n) is 2.94. The van der Waals surface area contributed by atoms with Gasteiger partial charge in [-0.15, -0.1) is 0 Å². The summed E-state index contributed by atoms with van der Waals surface area (Å²) in [5.41, 5.74) is -1.49. The number of rotatable bonds is 5. The number of aryl methyl sites for hydroxylation is 1. The van der Waals surface area contributed by atoms with Gasteiger partial charge in [-0.25, -0.2) is 4.79 Å². The van der Waals surface area contributed by atoms with Crippen LogP contribution < -0.4 is 4.74 Å². The summed E-state index contributed by atoms with van der Waals surface area (Å²) in [6, 6.07) is 6.23. The number of aromatic carboxylic acids is 1. The van der Waals surface area contributed by atoms with Gasteiger partial charge in [-0.3, -0.25) is 20.2 Å². The van der Waals surface area contributed by atoms with E-state index in [1.165, 1.54) is 6.07 Å². The lowest BCUT2D eigenvalue weighted by atomic mass is 10.1. The predicted octanol–water partition coefficient (Wildman–Crippen LogP) is 4.06. The van der Waals surface area contributed by atoms with E-state index in [4.69, 9.17) is 9.84 Å². The molecule has 0 radical (unpaired) electrons. The fourth-order valence-corrected chi connectivity index (χ4v) is 2.58. The van der Waals surface area contributed by atoms with E-state index in [0.717, 1.165) is 11.6 Å². The Balaban J connectivity index is 2.63. The van der Waals surface area contributed by atoms with Crippen molar-refractivity contribution in [3.63, 3.8) is 0 Å². The summed E-state index contributed by atoms with van der Waals surface area (Å²) < 4.78 is 6.05. The number of benzene rings is 2. The zero-order chi connectivity index (χ0) is 18.0. The van der Waals surface area contributed by atoms with E-state index < -0.39 is 38.5 Å². The van der Waals surface area contributed by atoms with Gasteiger partial charge in [-0.05, 0) is 30.7 Å². The molecule has 2 aromatic carbocycles. The molecule has 2 aromatic rings. The van der Waals surface area contributed by atoms with E-state index in [1.807, 2.05) is 0 Å². The van der Waals surface area contributed by atoms with E-state index in [2.05, 4.69) is 15.9 Å². The highest BCUT2D eigenvalue weighted by Gasteiger charge is 2.29. The molecule has 0 aliphatic carbocycles. The Hall–Kier alpha value is -3.01. The normalized spacial score (nSPS) is 10.2. The number of nitrogens with zero attached hydrogens (tertiary/aromatic N) is 2. The molecule has 0 bridgehead atoms. The summed E-state index contributed by atoms with van der Waals surface area (Å²) in [6.07, 6.45) is 0. The Morgan fingerprint density at radius 1 is 1.08 bits per heavy atom. The number of halogens is 1. The first-order chi connectivity index (χ1) is 11.2. The third-order valence-corrected chi connectivity index (χ3v) is 3.40. The molecule has 0 atom stereocenters. The minimum Gasteiger partial charge on any atom is -0.477 e. The molecule has 0 unspecified atom stereocenters. The molecule has 9 nitrogen and oxygen atoms in total. The lowest BCUT2D eigenvalue weighted by Gasteiger charge is -2.09. The first kappa shape index (κ1) is 17.3. The van der Waals surface area contributed by atoms with Crippen molar-refractivity contribution in [2.45, 2.75) is 6.92 Å². The first-order valence-corrected chi connectivity index (χ1v) is 7.13. The molecule has 0 heterocycles. The molecule has 24 heavy (non-hydrogen) atoms. The van der Waals surface area contributed by atoms with Crippen LogP contribution in [0, 0.1) is 27.2 Å². The Labute approximate surface area is 142 Å². The van der Waals surface area contributed by atoms with Crippen molar-refractivity contribution < 1.29 is 24.5 Å². The number of nitro groups is 2. The number of ether oxygens (including phenoxy) is 1. The molecule has 10 heteroatoms. The summed E-state index contributed by atoms with van der Waals surface area (Å²) in [6.45, 7) is 1.77. The number of carboxylic acids is 1. The van der Waals surface area contributed by atoms with Gasteiger partial charge in [0.15, 0.2) is 0 Å². The first-order valence-electron chi connectivity index (χ1n) is 6.34. The van der Waals surface area contributed by atoms with Crippen LogP contribution in [0.25, 0.3) is 0 Å². The summed E-state index contributed by atoms with van der Waals surface area (Å²) in [7, 11) is 0. The number of hydrogen-bond donors (Lipinski definition) is 1. The SMILES string of the molecule is Cc1cc(Br)cc(Oc2cc(C(=O)O)c([N+](=O)[O-])cc2[N+](=O)[O-])c1.